The molecule has 0 radical (unpaired) electrons. The summed E-state index contributed by atoms with van der Waals surface area (Å²) in [4.78, 5) is 20.8. The number of benzene rings is 1. The number of aromatic nitrogens is 1. The monoisotopic (exact) mass is 467 g/mol. The zero-order valence-corrected chi connectivity index (χ0v) is 18.1. The first-order valence-electron chi connectivity index (χ1n) is 9.24. The molecule has 3 heterocycles. The molecule has 0 aliphatic carbocycles. The number of aliphatic imine (C=N–C) groups is 1. The Kier molecular flexibility index (Phi) is 5.15. The van der Waals surface area contributed by atoms with Gasteiger partial charge in [0, 0.05) is 24.5 Å². The van der Waals surface area contributed by atoms with E-state index < -0.39 is 38.6 Å². The quantitative estimate of drug-likeness (QED) is 0.707. The molecule has 2 aliphatic rings. The van der Waals surface area contributed by atoms with Crippen LogP contribution >= 0.6 is 11.6 Å². The minimum absolute atomic E-state index is 0.0386. The van der Waals surface area contributed by atoms with Gasteiger partial charge in [0.25, 0.3) is 5.91 Å². The molecule has 1 aromatic heterocycles. The number of nitrogens with zero attached hydrogens (tertiary/aromatic N) is 3. The van der Waals surface area contributed by atoms with Gasteiger partial charge in [0.15, 0.2) is 0 Å². The summed E-state index contributed by atoms with van der Waals surface area (Å²) in [7, 11) is -2.68. The standard InChI is InChI=1S/C19H19ClFN5O4S/c1-10-16-19(9-30-10,25-18(22)26(2)31(16,28)29)13-7-12(4-5-14(13)21)24-17(27)15-6-3-11(20)8-23-15/h3-8,10,16H,9H2,1-2H3,(H2,22,25)(H,24,27). The van der Waals surface area contributed by atoms with Gasteiger partial charge >= 0.3 is 0 Å². The Morgan fingerprint density at radius 1 is 1.39 bits per heavy atom. The smallest absolute Gasteiger partial charge is 0.274 e. The van der Waals surface area contributed by atoms with Gasteiger partial charge in [0.05, 0.1) is 17.7 Å². The Morgan fingerprint density at radius 2 is 2.13 bits per heavy atom. The van der Waals surface area contributed by atoms with E-state index in [9.17, 15) is 17.6 Å². The number of rotatable bonds is 3. The van der Waals surface area contributed by atoms with Gasteiger partial charge in [-0.05, 0) is 37.3 Å². The Hall–Kier alpha value is -2.76. The summed E-state index contributed by atoms with van der Waals surface area (Å²) in [6.45, 7) is 1.41. The van der Waals surface area contributed by atoms with Gasteiger partial charge in [-0.15, -0.1) is 0 Å². The first-order valence-corrected chi connectivity index (χ1v) is 11.1. The number of carbonyl (C=O) groups is 1. The summed E-state index contributed by atoms with van der Waals surface area (Å²) >= 11 is 5.79. The fourth-order valence-electron chi connectivity index (χ4n) is 3.91. The lowest BCUT2D eigenvalue weighted by Gasteiger charge is -2.39. The fraction of sp³-hybridized carbons (Fsp3) is 0.316. The van der Waals surface area contributed by atoms with Crippen LogP contribution in [0.5, 0.6) is 0 Å². The molecule has 12 heteroatoms. The summed E-state index contributed by atoms with van der Waals surface area (Å²) in [6, 6.07) is 6.79. The van der Waals surface area contributed by atoms with Gasteiger partial charge in [0.1, 0.15) is 22.3 Å². The van der Waals surface area contributed by atoms with E-state index in [-0.39, 0.29) is 29.5 Å². The molecule has 9 nitrogen and oxygen atoms in total. The molecule has 1 amide bonds. The lowest BCUT2D eigenvalue weighted by atomic mass is 9.86. The lowest BCUT2D eigenvalue weighted by molar-refractivity contribution is 0.102. The first-order chi connectivity index (χ1) is 14.6. The number of anilines is 1. The molecule has 0 bridgehead atoms. The Bertz CT molecular complexity index is 1190. The van der Waals surface area contributed by atoms with Gasteiger partial charge in [-0.25, -0.2) is 27.1 Å². The van der Waals surface area contributed by atoms with Gasteiger partial charge < -0.3 is 15.8 Å². The maximum atomic E-state index is 15.0. The third-order valence-electron chi connectivity index (χ3n) is 5.45. The third-order valence-corrected chi connectivity index (χ3v) is 8.04. The van der Waals surface area contributed by atoms with Crippen molar-refractivity contribution in [2.45, 2.75) is 23.8 Å². The molecule has 0 spiro atoms. The Morgan fingerprint density at radius 3 is 2.81 bits per heavy atom. The number of hydrogen-bond donors (Lipinski definition) is 2. The van der Waals surface area contributed by atoms with E-state index in [1.807, 2.05) is 0 Å². The van der Waals surface area contributed by atoms with Crippen LogP contribution in [0.3, 0.4) is 0 Å². The number of sulfonamides is 1. The van der Waals surface area contributed by atoms with Crippen molar-refractivity contribution >= 4 is 39.2 Å². The van der Waals surface area contributed by atoms with Crippen LogP contribution in [0.25, 0.3) is 0 Å². The molecule has 1 saturated heterocycles. The number of carbonyl (C=O) groups excluding carboxylic acids is 1. The number of hydrogen-bond acceptors (Lipinski definition) is 7. The van der Waals surface area contributed by atoms with E-state index >= 15 is 0 Å². The highest BCUT2D eigenvalue weighted by molar-refractivity contribution is 7.90. The number of nitrogens with one attached hydrogen (secondary N) is 1. The first kappa shape index (κ1) is 21.5. The van der Waals surface area contributed by atoms with Crippen molar-refractivity contribution in [2.75, 3.05) is 19.0 Å². The minimum Gasteiger partial charge on any atom is -0.374 e. The highest BCUT2D eigenvalue weighted by Crippen LogP contribution is 2.46. The van der Waals surface area contributed by atoms with Crippen LogP contribution in [-0.4, -0.2) is 54.6 Å². The zero-order valence-electron chi connectivity index (χ0n) is 16.5. The molecule has 3 unspecified atom stereocenters. The average Bonchev–Trinajstić information content (AvgIpc) is 3.06. The molecule has 2 aromatic rings. The van der Waals surface area contributed by atoms with E-state index in [0.29, 0.717) is 5.02 Å². The normalized spacial score (nSPS) is 26.8. The van der Waals surface area contributed by atoms with Crippen LogP contribution in [0.4, 0.5) is 10.1 Å². The lowest BCUT2D eigenvalue weighted by Crippen LogP contribution is -2.58. The molecular formula is C19H19ClFN5O4S. The van der Waals surface area contributed by atoms with Gasteiger partial charge in [-0.2, -0.15) is 0 Å². The van der Waals surface area contributed by atoms with Crippen molar-refractivity contribution in [2.24, 2.45) is 10.7 Å². The predicted octanol–water partition coefficient (Wildman–Crippen LogP) is 1.70. The highest BCUT2D eigenvalue weighted by Gasteiger charge is 2.61. The van der Waals surface area contributed by atoms with Crippen molar-refractivity contribution in [3.8, 4) is 0 Å². The van der Waals surface area contributed by atoms with Crippen molar-refractivity contribution in [3.05, 3.63) is 58.6 Å². The van der Waals surface area contributed by atoms with Crippen molar-refractivity contribution in [3.63, 3.8) is 0 Å². The average molecular weight is 468 g/mol. The molecule has 1 fully saturated rings. The second-order valence-electron chi connectivity index (χ2n) is 7.35. The number of guanidine groups is 1. The summed E-state index contributed by atoms with van der Waals surface area (Å²) in [5.74, 6) is -1.51. The Balaban J connectivity index is 1.77. The van der Waals surface area contributed by atoms with Crippen molar-refractivity contribution < 1.29 is 22.3 Å². The topological polar surface area (TPSA) is 127 Å². The maximum absolute atomic E-state index is 15.0. The molecule has 2 aliphatic heterocycles. The Labute approximate surface area is 183 Å². The highest BCUT2D eigenvalue weighted by atomic mass is 35.5. The van der Waals surface area contributed by atoms with Crippen LogP contribution in [-0.2, 0) is 20.3 Å². The van der Waals surface area contributed by atoms with E-state index in [4.69, 9.17) is 22.1 Å². The summed E-state index contributed by atoms with van der Waals surface area (Å²) in [5, 5.41) is 1.81. The number of amides is 1. The largest absolute Gasteiger partial charge is 0.374 e. The van der Waals surface area contributed by atoms with Gasteiger partial charge in [-0.1, -0.05) is 11.6 Å². The van der Waals surface area contributed by atoms with Crippen LogP contribution in [0.2, 0.25) is 5.02 Å². The number of fused-ring (bicyclic) bond motifs is 1. The fourth-order valence-corrected chi connectivity index (χ4v) is 5.96. The van der Waals surface area contributed by atoms with Crippen LogP contribution in [0.15, 0.2) is 41.5 Å². The van der Waals surface area contributed by atoms with E-state index in [0.717, 1.165) is 10.4 Å². The molecule has 164 valence electrons. The number of nitrogens with two attached hydrogens (primary N) is 1. The number of ether oxygens (including phenoxy) is 1. The van der Waals surface area contributed by atoms with Crippen LogP contribution in [0.1, 0.15) is 23.0 Å². The maximum Gasteiger partial charge on any atom is 0.274 e. The van der Waals surface area contributed by atoms with E-state index in [2.05, 4.69) is 15.3 Å². The van der Waals surface area contributed by atoms with Gasteiger partial charge in [0.2, 0.25) is 16.0 Å². The van der Waals surface area contributed by atoms with Crippen LogP contribution < -0.4 is 11.1 Å². The van der Waals surface area contributed by atoms with E-state index in [1.165, 1.54) is 37.5 Å². The SMILES string of the molecule is CC1OCC2(c3cc(NC(=O)c4ccc(Cl)cn4)ccc3F)N=C(N)N(C)S(=O)(=O)C12. The summed E-state index contributed by atoms with van der Waals surface area (Å²) in [5.41, 5.74) is 4.58. The molecule has 3 atom stereocenters. The molecule has 31 heavy (non-hydrogen) atoms. The second-order valence-corrected chi connectivity index (χ2v) is 9.88. The minimum atomic E-state index is -3.97. The second kappa shape index (κ2) is 7.43. The predicted molar refractivity (Wildman–Crippen MR) is 113 cm³/mol. The van der Waals surface area contributed by atoms with Crippen molar-refractivity contribution in [1.29, 1.82) is 0 Å². The summed E-state index contributed by atoms with van der Waals surface area (Å²) in [6.07, 6.45) is 0.578. The summed E-state index contributed by atoms with van der Waals surface area (Å²) < 4.78 is 47.6. The molecule has 3 N–H and O–H groups in total. The molecule has 1 aromatic carbocycles. The van der Waals surface area contributed by atoms with E-state index in [1.54, 1.807) is 6.92 Å². The van der Waals surface area contributed by atoms with Crippen LogP contribution in [0, 0.1) is 5.82 Å². The molecule has 4 rings (SSSR count). The molecular weight excluding hydrogens is 449 g/mol. The zero-order chi connectivity index (χ0) is 22.6. The number of halogens is 2. The van der Waals surface area contributed by atoms with Crippen molar-refractivity contribution in [1.82, 2.24) is 9.29 Å². The number of pyridine rings is 1. The molecule has 0 saturated carbocycles. The third kappa shape index (κ3) is 3.42. The van der Waals surface area contributed by atoms with Gasteiger partial charge in [-0.3, -0.25) is 4.79 Å².